The number of carbonyl (C=O) groups is 4. The number of imide groups is 1. The number of esters is 1. The fourth-order valence-electron chi connectivity index (χ4n) is 5.69. The Morgan fingerprint density at radius 3 is 2.41 bits per heavy atom. The molecular weight excluding hydrogens is 436 g/mol. The van der Waals surface area contributed by atoms with E-state index < -0.39 is 18.5 Å². The summed E-state index contributed by atoms with van der Waals surface area (Å²) in [7, 11) is 0. The molecule has 0 unspecified atom stereocenters. The summed E-state index contributed by atoms with van der Waals surface area (Å²) in [5.41, 5.74) is 1.02. The molecule has 2 bridgehead atoms. The second kappa shape index (κ2) is 8.93. The number of nitrogens with zero attached hydrogens (tertiary/aromatic N) is 1. The Labute approximate surface area is 197 Å². The third-order valence-corrected chi connectivity index (χ3v) is 7.06. The number of hydrogen-bond donors (Lipinski definition) is 1. The van der Waals surface area contributed by atoms with E-state index in [9.17, 15) is 19.2 Å². The maximum Gasteiger partial charge on any atom is 0.338 e. The Morgan fingerprint density at radius 2 is 1.71 bits per heavy atom. The average molecular weight is 463 g/mol. The Balaban J connectivity index is 1.24. The minimum atomic E-state index is -0.713. The second-order valence-corrected chi connectivity index (χ2v) is 9.00. The van der Waals surface area contributed by atoms with Crippen molar-refractivity contribution in [3.05, 3.63) is 54.1 Å². The third kappa shape index (κ3) is 3.83. The molecule has 1 aliphatic heterocycles. The zero-order valence-corrected chi connectivity index (χ0v) is 18.9. The summed E-state index contributed by atoms with van der Waals surface area (Å²) in [4.78, 5) is 52.2. The van der Waals surface area contributed by atoms with Gasteiger partial charge in [0.25, 0.3) is 5.91 Å². The lowest BCUT2D eigenvalue weighted by atomic mass is 9.81. The number of carbonyl (C=O) groups excluding carboxylic acids is 4. The van der Waals surface area contributed by atoms with Gasteiger partial charge in [0.2, 0.25) is 11.8 Å². The molecule has 4 atom stereocenters. The Kier molecular flexibility index (Phi) is 5.81. The van der Waals surface area contributed by atoms with Crippen molar-refractivity contribution < 1.29 is 28.7 Å². The number of para-hydroxylation sites is 2. The minimum absolute atomic E-state index is 0.167. The van der Waals surface area contributed by atoms with Gasteiger partial charge in [-0.15, -0.1) is 0 Å². The lowest BCUT2D eigenvalue weighted by Gasteiger charge is -2.19. The van der Waals surface area contributed by atoms with E-state index in [1.54, 1.807) is 36.4 Å². The molecule has 8 heteroatoms. The summed E-state index contributed by atoms with van der Waals surface area (Å²) < 4.78 is 10.6. The van der Waals surface area contributed by atoms with E-state index in [1.165, 1.54) is 17.0 Å². The van der Waals surface area contributed by atoms with Gasteiger partial charge in [-0.2, -0.15) is 0 Å². The molecule has 1 N–H and O–H groups in total. The van der Waals surface area contributed by atoms with Crippen LogP contribution >= 0.6 is 0 Å². The average Bonchev–Trinajstić information content (AvgIpc) is 3.52. The number of fused-ring (bicyclic) bond motifs is 5. The van der Waals surface area contributed by atoms with Crippen LogP contribution in [-0.2, 0) is 19.1 Å². The Hall–Kier alpha value is -3.68. The van der Waals surface area contributed by atoms with Gasteiger partial charge in [0.1, 0.15) is 5.75 Å². The van der Waals surface area contributed by atoms with Crippen LogP contribution < -0.4 is 15.0 Å². The molecule has 2 saturated carbocycles. The summed E-state index contributed by atoms with van der Waals surface area (Å²) in [6, 6.07) is 13.2. The largest absolute Gasteiger partial charge is 0.492 e. The number of anilines is 2. The van der Waals surface area contributed by atoms with Gasteiger partial charge in [-0.25, -0.2) is 4.79 Å². The van der Waals surface area contributed by atoms with Gasteiger partial charge in [0, 0.05) is 0 Å². The number of hydrogen-bond acceptors (Lipinski definition) is 6. The van der Waals surface area contributed by atoms with Crippen molar-refractivity contribution in [3.63, 3.8) is 0 Å². The van der Waals surface area contributed by atoms with E-state index in [1.807, 2.05) is 6.92 Å². The van der Waals surface area contributed by atoms with Crippen molar-refractivity contribution in [2.75, 3.05) is 23.4 Å². The minimum Gasteiger partial charge on any atom is -0.492 e. The van der Waals surface area contributed by atoms with Crippen LogP contribution in [0.15, 0.2) is 48.5 Å². The normalized spacial score (nSPS) is 24.8. The molecule has 0 spiro atoms. The van der Waals surface area contributed by atoms with Crippen molar-refractivity contribution >= 4 is 35.1 Å². The fraction of sp³-hybridized carbons (Fsp3) is 0.385. The zero-order valence-electron chi connectivity index (χ0n) is 18.9. The first-order valence-corrected chi connectivity index (χ1v) is 11.6. The molecule has 3 amide bonds. The van der Waals surface area contributed by atoms with E-state index in [2.05, 4.69) is 5.32 Å². The topological polar surface area (TPSA) is 102 Å². The van der Waals surface area contributed by atoms with Crippen LogP contribution in [0.3, 0.4) is 0 Å². The summed E-state index contributed by atoms with van der Waals surface area (Å²) in [6.07, 6.45) is 2.97. The van der Waals surface area contributed by atoms with Crippen molar-refractivity contribution in [1.29, 1.82) is 0 Å². The van der Waals surface area contributed by atoms with Crippen LogP contribution in [-0.4, -0.2) is 36.9 Å². The van der Waals surface area contributed by atoms with E-state index in [0.717, 1.165) is 19.3 Å². The van der Waals surface area contributed by atoms with Gasteiger partial charge in [0.15, 0.2) is 6.61 Å². The predicted molar refractivity (Wildman–Crippen MR) is 123 cm³/mol. The molecule has 5 rings (SSSR count). The summed E-state index contributed by atoms with van der Waals surface area (Å²) >= 11 is 0. The zero-order chi connectivity index (χ0) is 23.8. The SMILES string of the molecule is CCOc1ccccc1NC(=O)COC(=O)c1cccc(N2C(=O)[C@H]3[C@H]4CC[C@@H](C4)[C@@H]3C2=O)c1. The number of amides is 3. The standard InChI is InChI=1S/C26H26N2O6/c1-2-33-20-9-4-3-8-19(20)27-21(29)14-34-26(32)17-6-5-7-18(13-17)28-24(30)22-15-10-11-16(12-15)23(22)25(28)31/h3-9,13,15-16,22-23H,2,10-12,14H2,1H3,(H,27,29)/t15-,16-,22-,23-/m0/s1. The quantitative estimate of drug-likeness (QED) is 0.500. The summed E-state index contributed by atoms with van der Waals surface area (Å²) in [5.74, 6) is -0.919. The number of rotatable bonds is 7. The fourth-order valence-corrected chi connectivity index (χ4v) is 5.69. The number of nitrogens with one attached hydrogen (secondary N) is 1. The molecule has 0 aromatic heterocycles. The highest BCUT2D eigenvalue weighted by atomic mass is 16.5. The lowest BCUT2D eigenvalue weighted by Crippen LogP contribution is -2.32. The molecular formula is C26H26N2O6. The number of ether oxygens (including phenoxy) is 2. The van der Waals surface area contributed by atoms with Crippen molar-refractivity contribution in [3.8, 4) is 5.75 Å². The van der Waals surface area contributed by atoms with E-state index in [-0.39, 0.29) is 41.0 Å². The number of benzene rings is 2. The first-order chi connectivity index (χ1) is 16.5. The van der Waals surface area contributed by atoms with Crippen LogP contribution in [0.5, 0.6) is 5.75 Å². The van der Waals surface area contributed by atoms with Gasteiger partial charge in [-0.3, -0.25) is 19.3 Å². The smallest absolute Gasteiger partial charge is 0.338 e. The van der Waals surface area contributed by atoms with Crippen LogP contribution in [0.4, 0.5) is 11.4 Å². The molecule has 0 radical (unpaired) electrons. The van der Waals surface area contributed by atoms with Gasteiger partial charge in [0.05, 0.1) is 35.4 Å². The van der Waals surface area contributed by atoms with Gasteiger partial charge in [-0.05, 0) is 68.4 Å². The second-order valence-electron chi connectivity index (χ2n) is 9.00. The molecule has 3 aliphatic rings. The molecule has 2 aliphatic carbocycles. The molecule has 176 valence electrons. The highest BCUT2D eigenvalue weighted by Crippen LogP contribution is 2.56. The monoisotopic (exact) mass is 462 g/mol. The van der Waals surface area contributed by atoms with Crippen molar-refractivity contribution in [2.24, 2.45) is 23.7 Å². The predicted octanol–water partition coefficient (Wildman–Crippen LogP) is 3.42. The highest BCUT2D eigenvalue weighted by molar-refractivity contribution is 6.22. The third-order valence-electron chi connectivity index (χ3n) is 7.06. The summed E-state index contributed by atoms with van der Waals surface area (Å²) in [6.45, 7) is 1.80. The van der Waals surface area contributed by atoms with E-state index in [0.29, 0.717) is 23.7 Å². The van der Waals surface area contributed by atoms with Crippen LogP contribution in [0.1, 0.15) is 36.5 Å². The van der Waals surface area contributed by atoms with E-state index in [4.69, 9.17) is 9.47 Å². The van der Waals surface area contributed by atoms with Crippen LogP contribution in [0.2, 0.25) is 0 Å². The van der Waals surface area contributed by atoms with Crippen molar-refractivity contribution in [2.45, 2.75) is 26.2 Å². The van der Waals surface area contributed by atoms with Gasteiger partial charge < -0.3 is 14.8 Å². The first kappa shape index (κ1) is 22.1. The van der Waals surface area contributed by atoms with Crippen LogP contribution in [0.25, 0.3) is 0 Å². The first-order valence-electron chi connectivity index (χ1n) is 11.6. The molecule has 2 aromatic carbocycles. The maximum absolute atomic E-state index is 13.1. The maximum atomic E-state index is 13.1. The molecule has 3 fully saturated rings. The van der Waals surface area contributed by atoms with Gasteiger partial charge >= 0.3 is 5.97 Å². The van der Waals surface area contributed by atoms with Crippen LogP contribution in [0, 0.1) is 23.7 Å². The Bertz CT molecular complexity index is 1130. The van der Waals surface area contributed by atoms with Gasteiger partial charge in [-0.1, -0.05) is 18.2 Å². The molecule has 2 aromatic rings. The molecule has 1 heterocycles. The summed E-state index contributed by atoms with van der Waals surface area (Å²) in [5, 5.41) is 2.67. The lowest BCUT2D eigenvalue weighted by molar-refractivity contribution is -0.123. The van der Waals surface area contributed by atoms with Crippen molar-refractivity contribution in [1.82, 2.24) is 0 Å². The highest BCUT2D eigenvalue weighted by Gasteiger charge is 2.61. The molecule has 8 nitrogen and oxygen atoms in total. The Morgan fingerprint density at radius 1 is 1.00 bits per heavy atom. The molecule has 1 saturated heterocycles. The molecule has 34 heavy (non-hydrogen) atoms. The van der Waals surface area contributed by atoms with E-state index >= 15 is 0 Å².